The maximum absolute atomic E-state index is 3.62. The van der Waals surface area contributed by atoms with Gasteiger partial charge in [-0.3, -0.25) is 4.90 Å². The lowest BCUT2D eigenvalue weighted by Crippen LogP contribution is -2.52. The molecule has 1 aliphatic heterocycles. The zero-order valence-corrected chi connectivity index (χ0v) is 14.5. The van der Waals surface area contributed by atoms with Gasteiger partial charge in [-0.05, 0) is 38.1 Å². The molecule has 1 saturated heterocycles. The molecule has 0 saturated carbocycles. The molecule has 1 N–H and O–H groups in total. The van der Waals surface area contributed by atoms with Crippen molar-refractivity contribution >= 4 is 0 Å². The summed E-state index contributed by atoms with van der Waals surface area (Å²) in [5.74, 6) is 0. The van der Waals surface area contributed by atoms with E-state index in [4.69, 9.17) is 0 Å². The minimum Gasteiger partial charge on any atom is -0.316 e. The van der Waals surface area contributed by atoms with E-state index in [-0.39, 0.29) is 0 Å². The maximum Gasteiger partial charge on any atom is 0.0113 e. The fourth-order valence-corrected chi connectivity index (χ4v) is 3.02. The number of nitrogens with one attached hydrogen (secondary N) is 1. The van der Waals surface area contributed by atoms with Gasteiger partial charge >= 0.3 is 0 Å². The van der Waals surface area contributed by atoms with E-state index in [1.54, 1.807) is 0 Å². The Labute approximate surface area is 127 Å². The highest BCUT2D eigenvalue weighted by Gasteiger charge is 2.27. The van der Waals surface area contributed by atoms with E-state index in [0.717, 1.165) is 19.1 Å². The van der Waals surface area contributed by atoms with Crippen LogP contribution >= 0.6 is 0 Å². The molecule has 0 amide bonds. The molecule has 20 heavy (non-hydrogen) atoms. The van der Waals surface area contributed by atoms with E-state index in [9.17, 15) is 0 Å². The average molecular weight is 284 g/mol. The predicted molar refractivity (Wildman–Crippen MR) is 89.3 cm³/mol. The first-order valence-electron chi connectivity index (χ1n) is 8.71. The smallest absolute Gasteiger partial charge is 0.0113 e. The van der Waals surface area contributed by atoms with Gasteiger partial charge in [0.05, 0.1) is 0 Å². The van der Waals surface area contributed by atoms with E-state index in [1.807, 2.05) is 0 Å². The Morgan fingerprint density at radius 2 is 1.75 bits per heavy atom. The summed E-state index contributed by atoms with van der Waals surface area (Å²) in [6.07, 6.45) is 3.76. The normalized spacial score (nSPS) is 22.6. The molecule has 3 heteroatoms. The fourth-order valence-electron chi connectivity index (χ4n) is 3.02. The summed E-state index contributed by atoms with van der Waals surface area (Å²) in [5, 5.41) is 3.62. The summed E-state index contributed by atoms with van der Waals surface area (Å²) in [6.45, 7) is 20.2. The monoisotopic (exact) mass is 283 g/mol. The molecule has 0 radical (unpaired) electrons. The molecule has 0 aromatic rings. The van der Waals surface area contributed by atoms with Crippen LogP contribution in [0.1, 0.15) is 53.9 Å². The molecule has 0 bridgehead atoms. The summed E-state index contributed by atoms with van der Waals surface area (Å²) >= 11 is 0. The lowest BCUT2D eigenvalue weighted by atomic mass is 9.86. The van der Waals surface area contributed by atoms with Crippen molar-refractivity contribution in [2.75, 3.05) is 45.8 Å². The van der Waals surface area contributed by atoms with Crippen LogP contribution in [0.5, 0.6) is 0 Å². The quantitative estimate of drug-likeness (QED) is 0.657. The second-order valence-electron chi connectivity index (χ2n) is 6.91. The molecular formula is C17H37N3. The van der Waals surface area contributed by atoms with Crippen molar-refractivity contribution in [3.8, 4) is 0 Å². The average Bonchev–Trinajstić information content (AvgIpc) is 2.47. The van der Waals surface area contributed by atoms with Crippen molar-refractivity contribution in [3.63, 3.8) is 0 Å². The first-order chi connectivity index (χ1) is 9.54. The summed E-state index contributed by atoms with van der Waals surface area (Å²) in [5.41, 5.74) is 0.424. The SMILES string of the molecule is CCCNCC(C)(CC)CN1CCN(C(C)CC)CC1. The predicted octanol–water partition coefficient (Wildman–Crippen LogP) is 2.82. The fraction of sp³-hybridized carbons (Fsp3) is 1.00. The maximum atomic E-state index is 3.62. The largest absolute Gasteiger partial charge is 0.316 e. The van der Waals surface area contributed by atoms with Crippen molar-refractivity contribution in [1.29, 1.82) is 0 Å². The van der Waals surface area contributed by atoms with Gasteiger partial charge in [0.15, 0.2) is 0 Å². The molecule has 0 aromatic heterocycles. The number of piperazine rings is 1. The van der Waals surface area contributed by atoms with Gasteiger partial charge in [-0.1, -0.05) is 27.7 Å². The Hall–Kier alpha value is -0.120. The summed E-state index contributed by atoms with van der Waals surface area (Å²) in [4.78, 5) is 5.32. The van der Waals surface area contributed by atoms with Crippen LogP contribution in [-0.2, 0) is 0 Å². The van der Waals surface area contributed by atoms with Gasteiger partial charge in [-0.2, -0.15) is 0 Å². The topological polar surface area (TPSA) is 18.5 Å². The second kappa shape index (κ2) is 9.01. The first kappa shape index (κ1) is 17.9. The Kier molecular flexibility index (Phi) is 8.08. The van der Waals surface area contributed by atoms with Crippen molar-refractivity contribution in [2.24, 2.45) is 5.41 Å². The highest BCUT2D eigenvalue weighted by Crippen LogP contribution is 2.23. The van der Waals surface area contributed by atoms with Crippen LogP contribution in [0, 0.1) is 5.41 Å². The van der Waals surface area contributed by atoms with Gasteiger partial charge in [0.2, 0.25) is 0 Å². The molecule has 0 spiro atoms. The van der Waals surface area contributed by atoms with Crippen LogP contribution in [0.4, 0.5) is 0 Å². The van der Waals surface area contributed by atoms with Crippen LogP contribution < -0.4 is 5.32 Å². The number of rotatable bonds is 9. The Morgan fingerprint density at radius 1 is 1.10 bits per heavy atom. The number of hydrogen-bond donors (Lipinski definition) is 1. The minimum atomic E-state index is 0.424. The van der Waals surface area contributed by atoms with E-state index >= 15 is 0 Å². The van der Waals surface area contributed by atoms with Gasteiger partial charge in [0, 0.05) is 45.3 Å². The molecule has 2 unspecified atom stereocenters. The van der Waals surface area contributed by atoms with Gasteiger partial charge in [0.1, 0.15) is 0 Å². The molecule has 0 aromatic carbocycles. The van der Waals surface area contributed by atoms with Crippen molar-refractivity contribution < 1.29 is 0 Å². The summed E-state index contributed by atoms with van der Waals surface area (Å²) < 4.78 is 0. The number of nitrogens with zero attached hydrogens (tertiary/aromatic N) is 2. The standard InChI is InChI=1S/C17H37N3/c1-6-9-18-14-17(5,8-3)15-19-10-12-20(13-11-19)16(4)7-2/h16,18H,6-15H2,1-5H3. The molecule has 1 aliphatic rings. The zero-order valence-electron chi connectivity index (χ0n) is 14.5. The van der Waals surface area contributed by atoms with E-state index in [0.29, 0.717) is 5.41 Å². The first-order valence-corrected chi connectivity index (χ1v) is 8.71. The molecule has 0 aliphatic carbocycles. The molecule has 120 valence electrons. The van der Waals surface area contributed by atoms with E-state index < -0.39 is 0 Å². The van der Waals surface area contributed by atoms with Crippen LogP contribution in [0.25, 0.3) is 0 Å². The van der Waals surface area contributed by atoms with Gasteiger partial charge < -0.3 is 10.2 Å². The van der Waals surface area contributed by atoms with Crippen molar-refractivity contribution in [2.45, 2.75) is 59.9 Å². The molecule has 1 fully saturated rings. The third-order valence-electron chi connectivity index (χ3n) is 5.06. The molecule has 2 atom stereocenters. The van der Waals surface area contributed by atoms with E-state index in [2.05, 4.69) is 49.7 Å². The molecule has 3 nitrogen and oxygen atoms in total. The third-order valence-corrected chi connectivity index (χ3v) is 5.06. The van der Waals surface area contributed by atoms with Crippen molar-refractivity contribution in [3.05, 3.63) is 0 Å². The zero-order chi connectivity index (χ0) is 15.0. The second-order valence-corrected chi connectivity index (χ2v) is 6.91. The van der Waals surface area contributed by atoms with Gasteiger partial charge in [-0.15, -0.1) is 0 Å². The minimum absolute atomic E-state index is 0.424. The Bertz CT molecular complexity index is 249. The third kappa shape index (κ3) is 5.71. The highest BCUT2D eigenvalue weighted by atomic mass is 15.3. The van der Waals surface area contributed by atoms with Crippen LogP contribution in [0.15, 0.2) is 0 Å². The summed E-state index contributed by atoms with van der Waals surface area (Å²) in [7, 11) is 0. The Balaban J connectivity index is 2.36. The van der Waals surface area contributed by atoms with Gasteiger partial charge in [-0.25, -0.2) is 0 Å². The van der Waals surface area contributed by atoms with E-state index in [1.165, 1.54) is 52.0 Å². The van der Waals surface area contributed by atoms with Crippen LogP contribution in [0.3, 0.4) is 0 Å². The lowest BCUT2D eigenvalue weighted by Gasteiger charge is -2.42. The van der Waals surface area contributed by atoms with Crippen LogP contribution in [0.2, 0.25) is 0 Å². The molecular weight excluding hydrogens is 246 g/mol. The molecule has 1 rings (SSSR count). The van der Waals surface area contributed by atoms with Gasteiger partial charge in [0.25, 0.3) is 0 Å². The lowest BCUT2D eigenvalue weighted by molar-refractivity contribution is 0.0688. The van der Waals surface area contributed by atoms with Crippen molar-refractivity contribution in [1.82, 2.24) is 15.1 Å². The van der Waals surface area contributed by atoms with Crippen LogP contribution in [-0.4, -0.2) is 61.7 Å². The summed E-state index contributed by atoms with van der Waals surface area (Å²) in [6, 6.07) is 0.751. The number of hydrogen-bond acceptors (Lipinski definition) is 3. The molecule has 1 heterocycles. The Morgan fingerprint density at radius 3 is 2.25 bits per heavy atom. The highest BCUT2D eigenvalue weighted by molar-refractivity contribution is 4.83.